The topological polar surface area (TPSA) is 130 Å². The molecule has 1 fully saturated rings. The first-order valence-electron chi connectivity index (χ1n) is 5.56. The van der Waals surface area contributed by atoms with Crippen molar-refractivity contribution in [1.82, 2.24) is 19.9 Å². The molecule has 0 saturated carbocycles. The molecule has 0 spiro atoms. The highest BCUT2D eigenvalue weighted by atomic mass is 16.5. The number of nitrogens with one attached hydrogen (secondary N) is 1. The zero-order valence-corrected chi connectivity index (χ0v) is 9.61. The maximum atomic E-state index is 9.87. The second-order valence-electron chi connectivity index (χ2n) is 4.31. The largest absolute Gasteiger partial charge is 0.388 e. The maximum Gasteiger partial charge on any atom is 0.183 e. The molecule has 3 heterocycles. The van der Waals surface area contributed by atoms with E-state index in [1.165, 1.54) is 6.33 Å². The number of nitrogens with two attached hydrogens (primary N) is 1. The summed E-state index contributed by atoms with van der Waals surface area (Å²) in [6, 6.07) is 0. The van der Waals surface area contributed by atoms with Gasteiger partial charge < -0.3 is 25.7 Å². The summed E-state index contributed by atoms with van der Waals surface area (Å²) in [6.45, 7) is 1.67. The molecule has 0 bridgehead atoms. The molecule has 8 heteroatoms. The SMILES string of the molecule is C[C@H]1O[C@@H](c2nc(N)c3[nH]cnc3n2)[C@H](O)[C@@H]1O. The molecule has 0 unspecified atom stereocenters. The highest BCUT2D eigenvalue weighted by molar-refractivity contribution is 5.80. The molecule has 18 heavy (non-hydrogen) atoms. The minimum Gasteiger partial charge on any atom is -0.388 e. The number of rotatable bonds is 1. The summed E-state index contributed by atoms with van der Waals surface area (Å²) >= 11 is 0. The predicted octanol–water partition coefficient (Wildman–Crippen LogP) is -0.883. The molecule has 1 aliphatic rings. The maximum absolute atomic E-state index is 9.87. The fraction of sp³-hybridized carbons (Fsp3) is 0.500. The highest BCUT2D eigenvalue weighted by Crippen LogP contribution is 2.32. The summed E-state index contributed by atoms with van der Waals surface area (Å²) in [5.74, 6) is 0.459. The summed E-state index contributed by atoms with van der Waals surface area (Å²) in [6.07, 6.45) is -1.85. The summed E-state index contributed by atoms with van der Waals surface area (Å²) in [5, 5.41) is 19.5. The standard InChI is InChI=1S/C10H13N5O3/c1-3-5(16)6(17)7(18-3)10-14-8(11)4-9(15-10)13-2-12-4/h2-3,5-7,16-17H,1H3,(H3,11,12,13,14,15)/t3-,5-,6-,7-/m1/s1. The number of hydrogen-bond acceptors (Lipinski definition) is 7. The van der Waals surface area contributed by atoms with Crippen LogP contribution in [-0.4, -0.2) is 48.5 Å². The minimum absolute atomic E-state index is 0.225. The average Bonchev–Trinajstić information content (AvgIpc) is 2.90. The molecule has 0 aromatic carbocycles. The van der Waals surface area contributed by atoms with Gasteiger partial charge in [-0.15, -0.1) is 0 Å². The van der Waals surface area contributed by atoms with E-state index in [0.29, 0.717) is 11.2 Å². The molecule has 3 rings (SSSR count). The van der Waals surface area contributed by atoms with Gasteiger partial charge in [0.15, 0.2) is 17.3 Å². The van der Waals surface area contributed by atoms with Crippen LogP contribution in [0.5, 0.6) is 0 Å². The first-order valence-corrected chi connectivity index (χ1v) is 5.56. The van der Waals surface area contributed by atoms with E-state index >= 15 is 0 Å². The number of anilines is 1. The quantitative estimate of drug-likeness (QED) is 0.517. The van der Waals surface area contributed by atoms with Gasteiger partial charge in [0.1, 0.15) is 23.8 Å². The van der Waals surface area contributed by atoms with E-state index in [4.69, 9.17) is 10.5 Å². The van der Waals surface area contributed by atoms with Gasteiger partial charge in [-0.1, -0.05) is 0 Å². The van der Waals surface area contributed by atoms with E-state index in [2.05, 4.69) is 19.9 Å². The summed E-state index contributed by atoms with van der Waals surface area (Å²) in [4.78, 5) is 15.1. The van der Waals surface area contributed by atoms with Gasteiger partial charge in [0.05, 0.1) is 12.4 Å². The number of aromatic nitrogens is 4. The van der Waals surface area contributed by atoms with Crippen molar-refractivity contribution >= 4 is 17.0 Å². The number of fused-ring (bicyclic) bond motifs is 1. The molecular weight excluding hydrogens is 238 g/mol. The number of aliphatic hydroxyl groups excluding tert-OH is 2. The van der Waals surface area contributed by atoms with Crippen LogP contribution in [0, 0.1) is 0 Å². The number of hydrogen-bond donors (Lipinski definition) is 4. The summed E-state index contributed by atoms with van der Waals surface area (Å²) in [5.41, 5.74) is 6.71. The number of aliphatic hydroxyl groups is 2. The van der Waals surface area contributed by atoms with E-state index in [9.17, 15) is 10.2 Å². The van der Waals surface area contributed by atoms with Gasteiger partial charge >= 0.3 is 0 Å². The van der Waals surface area contributed by atoms with Gasteiger partial charge in [0.25, 0.3) is 0 Å². The Morgan fingerprint density at radius 1 is 1.33 bits per heavy atom. The Balaban J connectivity index is 2.04. The van der Waals surface area contributed by atoms with Crippen LogP contribution in [-0.2, 0) is 4.74 Å². The van der Waals surface area contributed by atoms with E-state index in [-0.39, 0.29) is 11.6 Å². The molecule has 2 aromatic rings. The Bertz CT molecular complexity index is 586. The number of aromatic amines is 1. The normalized spacial score (nSPS) is 32.2. The zero-order chi connectivity index (χ0) is 12.9. The molecule has 8 nitrogen and oxygen atoms in total. The van der Waals surface area contributed by atoms with E-state index in [1.807, 2.05) is 0 Å². The number of imidazole rings is 1. The van der Waals surface area contributed by atoms with Crippen molar-refractivity contribution in [2.75, 3.05) is 5.73 Å². The Labute approximate surface area is 102 Å². The summed E-state index contributed by atoms with van der Waals surface area (Å²) < 4.78 is 5.43. The van der Waals surface area contributed by atoms with Crippen molar-refractivity contribution in [3.63, 3.8) is 0 Å². The zero-order valence-electron chi connectivity index (χ0n) is 9.61. The van der Waals surface area contributed by atoms with Crippen LogP contribution in [0.1, 0.15) is 18.9 Å². The number of ether oxygens (including phenoxy) is 1. The molecule has 4 atom stereocenters. The fourth-order valence-corrected chi connectivity index (χ4v) is 2.06. The van der Waals surface area contributed by atoms with Crippen molar-refractivity contribution in [3.05, 3.63) is 12.2 Å². The van der Waals surface area contributed by atoms with Crippen LogP contribution in [0.15, 0.2) is 6.33 Å². The predicted molar refractivity (Wildman–Crippen MR) is 61.4 cm³/mol. The minimum atomic E-state index is -1.07. The van der Waals surface area contributed by atoms with Crippen molar-refractivity contribution in [3.8, 4) is 0 Å². The lowest BCUT2D eigenvalue weighted by Gasteiger charge is -2.13. The second-order valence-corrected chi connectivity index (χ2v) is 4.31. The van der Waals surface area contributed by atoms with Crippen LogP contribution in [0.2, 0.25) is 0 Å². The monoisotopic (exact) mass is 251 g/mol. The lowest BCUT2D eigenvalue weighted by molar-refractivity contribution is 0.00993. The van der Waals surface area contributed by atoms with Gasteiger partial charge in [-0.05, 0) is 6.92 Å². The first-order chi connectivity index (χ1) is 8.58. The van der Waals surface area contributed by atoms with E-state index in [1.54, 1.807) is 6.92 Å². The van der Waals surface area contributed by atoms with Gasteiger partial charge in [0, 0.05) is 0 Å². The Kier molecular flexibility index (Phi) is 2.44. The van der Waals surface area contributed by atoms with Gasteiger partial charge in [0.2, 0.25) is 0 Å². The van der Waals surface area contributed by atoms with Crippen LogP contribution < -0.4 is 5.73 Å². The molecule has 1 saturated heterocycles. The Hall–Kier alpha value is -1.77. The molecular formula is C10H13N5O3. The average molecular weight is 251 g/mol. The highest BCUT2D eigenvalue weighted by Gasteiger charge is 2.42. The molecule has 0 radical (unpaired) electrons. The van der Waals surface area contributed by atoms with Crippen LogP contribution in [0.25, 0.3) is 11.2 Å². The third kappa shape index (κ3) is 1.54. The molecule has 96 valence electrons. The summed E-state index contributed by atoms with van der Waals surface area (Å²) in [7, 11) is 0. The van der Waals surface area contributed by atoms with Crippen molar-refractivity contribution in [2.45, 2.75) is 31.3 Å². The van der Waals surface area contributed by atoms with Crippen molar-refractivity contribution in [1.29, 1.82) is 0 Å². The lowest BCUT2D eigenvalue weighted by atomic mass is 10.1. The number of nitrogens with zero attached hydrogens (tertiary/aromatic N) is 3. The van der Waals surface area contributed by atoms with Gasteiger partial charge in [-0.3, -0.25) is 0 Å². The number of H-pyrrole nitrogens is 1. The third-order valence-electron chi connectivity index (χ3n) is 3.09. The van der Waals surface area contributed by atoms with E-state index in [0.717, 1.165) is 0 Å². The molecule has 1 aliphatic heterocycles. The molecule has 0 amide bonds. The van der Waals surface area contributed by atoms with Gasteiger partial charge in [-0.25, -0.2) is 15.0 Å². The molecule has 0 aliphatic carbocycles. The fourth-order valence-electron chi connectivity index (χ4n) is 2.06. The smallest absolute Gasteiger partial charge is 0.183 e. The second kappa shape index (κ2) is 3.87. The van der Waals surface area contributed by atoms with Crippen LogP contribution in [0.4, 0.5) is 5.82 Å². The first kappa shape index (κ1) is 11.3. The molecule has 5 N–H and O–H groups in total. The third-order valence-corrected chi connectivity index (χ3v) is 3.09. The van der Waals surface area contributed by atoms with E-state index < -0.39 is 24.4 Å². The lowest BCUT2D eigenvalue weighted by Crippen LogP contribution is -2.29. The Morgan fingerprint density at radius 2 is 2.11 bits per heavy atom. The number of nitrogen functional groups attached to an aromatic ring is 1. The van der Waals surface area contributed by atoms with Crippen LogP contribution in [0.3, 0.4) is 0 Å². The van der Waals surface area contributed by atoms with Crippen molar-refractivity contribution in [2.24, 2.45) is 0 Å². The Morgan fingerprint density at radius 3 is 2.78 bits per heavy atom. The van der Waals surface area contributed by atoms with Crippen LogP contribution >= 0.6 is 0 Å². The van der Waals surface area contributed by atoms with Gasteiger partial charge in [-0.2, -0.15) is 0 Å². The van der Waals surface area contributed by atoms with Crippen molar-refractivity contribution < 1.29 is 14.9 Å². The molecule has 2 aromatic heterocycles.